The number of aromatic nitrogens is 8. The fourth-order valence-corrected chi connectivity index (χ4v) is 8.74. The minimum absolute atomic E-state index is 0. The van der Waals surface area contributed by atoms with Crippen molar-refractivity contribution in [3.8, 4) is 22.3 Å². The fraction of sp³-hybridized carbons (Fsp3) is 0.193. The molecule has 7 aromatic heterocycles. The Morgan fingerprint density at radius 3 is 1.45 bits per heavy atom. The predicted octanol–water partition coefficient (Wildman–Crippen LogP) is 12.2. The van der Waals surface area contributed by atoms with Crippen LogP contribution in [0.15, 0.2) is 139 Å². The van der Waals surface area contributed by atoms with E-state index in [9.17, 15) is 32.3 Å². The minimum Gasteiger partial charge on any atom is -0.476 e. The largest absolute Gasteiger partial charge is 0.476 e. The summed E-state index contributed by atoms with van der Waals surface area (Å²) in [6.07, 6.45) is 13.4. The molecule has 0 aliphatic carbocycles. The number of hydrogen-bond donors (Lipinski definition) is 2. The summed E-state index contributed by atoms with van der Waals surface area (Å²) >= 11 is 3.34. The van der Waals surface area contributed by atoms with Crippen molar-refractivity contribution in [2.75, 3.05) is 13.2 Å². The van der Waals surface area contributed by atoms with Gasteiger partial charge in [-0.3, -0.25) is 0 Å². The number of imidazole rings is 4. The van der Waals surface area contributed by atoms with Gasteiger partial charge >= 0.3 is 23.9 Å². The number of carbonyl (C=O) groups is 4. The highest BCUT2D eigenvalue weighted by Crippen LogP contribution is 2.30. The van der Waals surface area contributed by atoms with E-state index >= 15 is 0 Å². The van der Waals surface area contributed by atoms with Crippen LogP contribution in [0.4, 0.5) is 13.2 Å². The number of ether oxygens (including phenoxy) is 2. The Hall–Kier alpha value is -8.62. The number of pyridine rings is 3. The van der Waals surface area contributed by atoms with Gasteiger partial charge in [0.1, 0.15) is 40.2 Å². The number of aryl methyl sites for hydroxylation is 4. The first-order valence-electron chi connectivity index (χ1n) is 24.2. The molecule has 21 heteroatoms. The van der Waals surface area contributed by atoms with Crippen LogP contribution in [0.25, 0.3) is 39.2 Å². The van der Waals surface area contributed by atoms with Crippen LogP contribution in [-0.2, 0) is 22.4 Å². The zero-order valence-corrected chi connectivity index (χ0v) is 45.1. The number of carboxylic acid groups (broad SMARTS) is 2. The van der Waals surface area contributed by atoms with Gasteiger partial charge in [-0.2, -0.15) is 0 Å². The minimum atomic E-state index is -1.06. The van der Waals surface area contributed by atoms with Gasteiger partial charge in [0.25, 0.3) is 0 Å². The van der Waals surface area contributed by atoms with E-state index in [1.807, 2.05) is 59.4 Å². The second kappa shape index (κ2) is 25.0. The molecule has 0 radical (unpaired) electrons. The summed E-state index contributed by atoms with van der Waals surface area (Å²) in [5, 5.41) is 17.9. The number of nitrogens with zero attached hydrogens (tertiary/aromatic N) is 8. The Balaban J connectivity index is 0.000000151. The van der Waals surface area contributed by atoms with Crippen LogP contribution in [0.3, 0.4) is 0 Å². The summed E-state index contributed by atoms with van der Waals surface area (Å²) in [6.45, 7) is 10.1. The standard InChI is InChI=1S/C17H15FN2O2.C15H15FN2O2.C15H11FN2O2.C10H9BrN2O2.ClH/c1-3-22-17(21)15-10-20-9-13(5-7-16(20)19-15)12-4-6-14(18)11(2)8-12;2*1-9-6-10(2-4-12(9)16)11-3-5-14-17-13(15(19)20)8-18(14)7-11;1-2-15-10(14)8-6-13-5-7(11)3-4-9(13)12-8;/h4-10H,3H2,1-2H3;2,4,6,8,11H,3,5,7H2,1H3,(H,19,20);2-8H,1H3,(H,19,20);3-6H,2H2,1H3;1H. The van der Waals surface area contributed by atoms with E-state index in [1.54, 1.807) is 103 Å². The van der Waals surface area contributed by atoms with Gasteiger partial charge < -0.3 is 37.5 Å². The summed E-state index contributed by atoms with van der Waals surface area (Å²) in [5.74, 6) is -2.46. The van der Waals surface area contributed by atoms with Crippen molar-refractivity contribution in [3.63, 3.8) is 0 Å². The van der Waals surface area contributed by atoms with Crippen LogP contribution in [0, 0.1) is 38.2 Å². The summed E-state index contributed by atoms with van der Waals surface area (Å²) in [6, 6.07) is 26.0. The lowest BCUT2D eigenvalue weighted by Crippen LogP contribution is -2.18. The molecule has 0 bridgehead atoms. The summed E-state index contributed by atoms with van der Waals surface area (Å²) in [5.41, 5.74) is 9.11. The first kappa shape index (κ1) is 57.1. The predicted molar refractivity (Wildman–Crippen MR) is 291 cm³/mol. The summed E-state index contributed by atoms with van der Waals surface area (Å²) in [7, 11) is 0. The van der Waals surface area contributed by atoms with Crippen molar-refractivity contribution in [2.45, 2.75) is 59.9 Å². The molecule has 10 aromatic rings. The maximum absolute atomic E-state index is 13.4. The van der Waals surface area contributed by atoms with Gasteiger partial charge in [-0.05, 0) is 168 Å². The Morgan fingerprint density at radius 2 is 0.974 bits per heavy atom. The maximum atomic E-state index is 13.4. The van der Waals surface area contributed by atoms with E-state index in [0.717, 1.165) is 56.6 Å². The number of fused-ring (bicyclic) bond motifs is 4. The molecule has 3 aromatic carbocycles. The van der Waals surface area contributed by atoms with Crippen LogP contribution < -0.4 is 0 Å². The van der Waals surface area contributed by atoms with Gasteiger partial charge in [0.2, 0.25) is 0 Å². The number of halogens is 5. The van der Waals surface area contributed by atoms with E-state index < -0.39 is 23.9 Å². The second-order valence-electron chi connectivity index (χ2n) is 17.8. The molecular formula is C57H51BrClF3N8O8. The smallest absolute Gasteiger partial charge is 0.358 e. The van der Waals surface area contributed by atoms with Gasteiger partial charge in [-0.25, -0.2) is 52.3 Å². The highest BCUT2D eigenvalue weighted by Gasteiger charge is 2.24. The average molecular weight is 1150 g/mol. The molecule has 8 heterocycles. The third kappa shape index (κ3) is 13.5. The van der Waals surface area contributed by atoms with Gasteiger partial charge in [-0.15, -0.1) is 12.4 Å². The molecule has 11 rings (SSSR count). The number of rotatable bonds is 9. The lowest BCUT2D eigenvalue weighted by molar-refractivity contribution is 0.0511. The van der Waals surface area contributed by atoms with Crippen molar-refractivity contribution >= 4 is 69.2 Å². The van der Waals surface area contributed by atoms with E-state index in [4.69, 9.17) is 19.7 Å². The molecule has 0 spiro atoms. The number of carboxylic acids is 2. The molecule has 1 aliphatic heterocycles. The molecule has 0 saturated heterocycles. The molecule has 2 N–H and O–H groups in total. The Kier molecular flexibility index (Phi) is 18.3. The van der Waals surface area contributed by atoms with Crippen LogP contribution in [0.5, 0.6) is 0 Å². The second-order valence-corrected chi connectivity index (χ2v) is 18.7. The van der Waals surface area contributed by atoms with Crippen molar-refractivity contribution in [3.05, 3.63) is 207 Å². The van der Waals surface area contributed by atoms with Crippen LogP contribution in [0.1, 0.15) is 96.2 Å². The molecule has 0 fully saturated rings. The first-order chi connectivity index (χ1) is 36.9. The molecule has 1 aliphatic rings. The topological polar surface area (TPSA) is 197 Å². The van der Waals surface area contributed by atoms with Gasteiger partial charge in [-0.1, -0.05) is 24.3 Å². The highest BCUT2D eigenvalue weighted by molar-refractivity contribution is 9.10. The normalized spacial score (nSPS) is 12.4. The third-order valence-corrected chi connectivity index (χ3v) is 12.8. The number of benzene rings is 3. The number of esters is 2. The molecule has 0 saturated carbocycles. The number of hydrogen-bond acceptors (Lipinski definition) is 10. The van der Waals surface area contributed by atoms with Gasteiger partial charge in [0, 0.05) is 66.7 Å². The maximum Gasteiger partial charge on any atom is 0.358 e. The monoisotopic (exact) mass is 1150 g/mol. The molecule has 1 unspecified atom stereocenters. The lowest BCUT2D eigenvalue weighted by atomic mass is 9.90. The van der Waals surface area contributed by atoms with E-state index in [-0.39, 0.29) is 52.9 Å². The molecule has 0 amide bonds. The van der Waals surface area contributed by atoms with Crippen LogP contribution in [-0.4, -0.2) is 85.0 Å². The van der Waals surface area contributed by atoms with E-state index in [1.165, 1.54) is 24.4 Å². The van der Waals surface area contributed by atoms with E-state index in [0.29, 0.717) is 53.4 Å². The number of aromatic carboxylic acids is 2. The fourth-order valence-electron chi connectivity index (χ4n) is 8.39. The summed E-state index contributed by atoms with van der Waals surface area (Å²) < 4.78 is 57.8. The lowest BCUT2D eigenvalue weighted by Gasteiger charge is -2.24. The van der Waals surface area contributed by atoms with E-state index in [2.05, 4.69) is 35.9 Å². The average Bonchev–Trinajstić information content (AvgIpc) is 4.28. The quantitative estimate of drug-likeness (QED) is 0.130. The Morgan fingerprint density at radius 1 is 0.551 bits per heavy atom. The Labute approximate surface area is 459 Å². The van der Waals surface area contributed by atoms with Crippen molar-refractivity contribution < 1.29 is 52.0 Å². The molecular weight excluding hydrogens is 1100 g/mol. The van der Waals surface area contributed by atoms with Gasteiger partial charge in [0.05, 0.1) is 13.2 Å². The van der Waals surface area contributed by atoms with Crippen molar-refractivity contribution in [1.82, 2.24) is 37.7 Å². The third-order valence-electron chi connectivity index (χ3n) is 12.4. The zero-order chi connectivity index (χ0) is 55.1. The first-order valence-corrected chi connectivity index (χ1v) is 24.9. The van der Waals surface area contributed by atoms with Crippen LogP contribution >= 0.6 is 28.3 Å². The SMILES string of the molecule is CCOC(=O)c1cn2cc(-c3ccc(F)c(C)c3)ccc2n1.CCOC(=O)c1cn2cc(Br)ccc2n1.Cc1cc(-c2ccc3nc(C(=O)O)cn3c2)ccc1F.Cc1cc(C2CCc3nc(C(=O)O)cn3C2)ccc1F.Cl. The Bertz CT molecular complexity index is 3860. The molecule has 16 nitrogen and oxygen atoms in total. The highest BCUT2D eigenvalue weighted by atomic mass is 79.9. The zero-order valence-electron chi connectivity index (χ0n) is 42.7. The molecule has 402 valence electrons. The van der Waals surface area contributed by atoms with Gasteiger partial charge in [0.15, 0.2) is 22.8 Å². The van der Waals surface area contributed by atoms with Crippen molar-refractivity contribution in [1.29, 1.82) is 0 Å². The van der Waals surface area contributed by atoms with Crippen LogP contribution in [0.2, 0.25) is 0 Å². The number of carbonyl (C=O) groups excluding carboxylic acids is 2. The summed E-state index contributed by atoms with van der Waals surface area (Å²) in [4.78, 5) is 61.4. The molecule has 78 heavy (non-hydrogen) atoms. The molecule has 1 atom stereocenters. The van der Waals surface area contributed by atoms with Crippen molar-refractivity contribution in [2.24, 2.45) is 0 Å².